The second kappa shape index (κ2) is 5.70. The predicted molar refractivity (Wildman–Crippen MR) is 74.0 cm³/mol. The summed E-state index contributed by atoms with van der Waals surface area (Å²) >= 11 is 0. The number of carboxylic acids is 1. The summed E-state index contributed by atoms with van der Waals surface area (Å²) in [4.78, 5) is 17.7. The summed E-state index contributed by atoms with van der Waals surface area (Å²) in [7, 11) is 0. The molecule has 4 nitrogen and oxygen atoms in total. The van der Waals surface area contributed by atoms with Gasteiger partial charge in [0.25, 0.3) is 0 Å². The summed E-state index contributed by atoms with van der Waals surface area (Å²) in [6.07, 6.45) is 6.52. The normalized spacial score (nSPS) is 23.2. The number of nitrogens with zero attached hydrogens (tertiary/aromatic N) is 2. The van der Waals surface area contributed by atoms with E-state index in [9.17, 15) is 9.90 Å². The van der Waals surface area contributed by atoms with E-state index in [0.717, 1.165) is 37.9 Å². The highest BCUT2D eigenvalue weighted by atomic mass is 16.4. The highest BCUT2D eigenvalue weighted by molar-refractivity contribution is 5.74. The van der Waals surface area contributed by atoms with Crippen LogP contribution >= 0.6 is 0 Å². The summed E-state index contributed by atoms with van der Waals surface area (Å²) in [5.74, 6) is -0.698. The van der Waals surface area contributed by atoms with Gasteiger partial charge in [-0.2, -0.15) is 0 Å². The number of rotatable bonds is 4. The molecule has 1 fully saturated rings. The molecule has 1 aliphatic rings. The van der Waals surface area contributed by atoms with Gasteiger partial charge in [0.1, 0.15) is 6.04 Å². The molecule has 0 aliphatic carbocycles. The number of aromatic nitrogens is 1. The van der Waals surface area contributed by atoms with Crippen LogP contribution in [0.15, 0.2) is 24.5 Å². The van der Waals surface area contributed by atoms with Crippen LogP contribution in [0.2, 0.25) is 0 Å². The van der Waals surface area contributed by atoms with Crippen molar-refractivity contribution in [1.29, 1.82) is 0 Å². The van der Waals surface area contributed by atoms with E-state index in [0.29, 0.717) is 0 Å². The fourth-order valence-electron chi connectivity index (χ4n) is 3.05. The molecule has 104 valence electrons. The number of hydrogen-bond donors (Lipinski definition) is 1. The number of likely N-dealkylation sites (tertiary alicyclic amines) is 1. The molecule has 0 spiro atoms. The lowest BCUT2D eigenvalue weighted by molar-refractivity contribution is -0.150. The zero-order chi connectivity index (χ0) is 13.9. The average Bonchev–Trinajstić information content (AvgIpc) is 2.36. The average molecular weight is 262 g/mol. The number of piperidine rings is 1. The van der Waals surface area contributed by atoms with E-state index in [1.807, 2.05) is 18.3 Å². The maximum Gasteiger partial charge on any atom is 0.321 e. The van der Waals surface area contributed by atoms with Gasteiger partial charge < -0.3 is 5.11 Å². The molecule has 0 bridgehead atoms. The van der Waals surface area contributed by atoms with Crippen LogP contribution < -0.4 is 0 Å². The van der Waals surface area contributed by atoms with Gasteiger partial charge in [0.05, 0.1) is 0 Å². The van der Waals surface area contributed by atoms with Gasteiger partial charge in [-0.1, -0.05) is 19.9 Å². The molecule has 4 heteroatoms. The van der Waals surface area contributed by atoms with E-state index in [1.54, 1.807) is 6.20 Å². The van der Waals surface area contributed by atoms with Gasteiger partial charge in [0, 0.05) is 18.9 Å². The number of pyridine rings is 1. The van der Waals surface area contributed by atoms with Gasteiger partial charge in [0.2, 0.25) is 0 Å². The predicted octanol–water partition coefficient (Wildman–Crippen LogP) is 2.20. The van der Waals surface area contributed by atoms with E-state index < -0.39 is 5.97 Å². The topological polar surface area (TPSA) is 53.4 Å². The van der Waals surface area contributed by atoms with Gasteiger partial charge in [-0.05, 0) is 42.9 Å². The molecule has 1 aliphatic heterocycles. The Kier molecular flexibility index (Phi) is 4.20. The number of aliphatic carboxylic acids is 1. The maximum absolute atomic E-state index is 11.5. The Morgan fingerprint density at radius 2 is 2.37 bits per heavy atom. The SMILES string of the molecule is CC1(C)CCCN(CCc2cccnc2)C1C(=O)O. The van der Waals surface area contributed by atoms with E-state index in [-0.39, 0.29) is 11.5 Å². The van der Waals surface area contributed by atoms with Crippen LogP contribution in [0.1, 0.15) is 32.3 Å². The van der Waals surface area contributed by atoms with Crippen molar-refractivity contribution in [3.05, 3.63) is 30.1 Å². The number of hydrogen-bond acceptors (Lipinski definition) is 3. The molecule has 0 amide bonds. The first kappa shape index (κ1) is 14.0. The first-order valence-electron chi connectivity index (χ1n) is 6.86. The highest BCUT2D eigenvalue weighted by Gasteiger charge is 2.41. The third kappa shape index (κ3) is 3.32. The lowest BCUT2D eigenvalue weighted by atomic mass is 9.76. The van der Waals surface area contributed by atoms with Crippen molar-refractivity contribution < 1.29 is 9.90 Å². The Morgan fingerprint density at radius 1 is 1.58 bits per heavy atom. The molecular weight excluding hydrogens is 240 g/mol. The summed E-state index contributed by atoms with van der Waals surface area (Å²) in [5, 5.41) is 9.49. The minimum absolute atomic E-state index is 0.154. The molecule has 0 radical (unpaired) electrons. The lowest BCUT2D eigenvalue weighted by Crippen LogP contribution is -2.54. The molecule has 0 saturated carbocycles. The quantitative estimate of drug-likeness (QED) is 0.903. The zero-order valence-corrected chi connectivity index (χ0v) is 11.7. The number of carbonyl (C=O) groups is 1. The third-order valence-corrected chi connectivity index (χ3v) is 4.02. The van der Waals surface area contributed by atoms with Crippen molar-refractivity contribution in [3.8, 4) is 0 Å². The lowest BCUT2D eigenvalue weighted by Gasteiger charge is -2.44. The first-order chi connectivity index (χ1) is 9.00. The van der Waals surface area contributed by atoms with Gasteiger partial charge >= 0.3 is 5.97 Å². The second-order valence-electron chi connectivity index (χ2n) is 5.98. The fraction of sp³-hybridized carbons (Fsp3) is 0.600. The van der Waals surface area contributed by atoms with Crippen LogP contribution in [0.3, 0.4) is 0 Å². The van der Waals surface area contributed by atoms with Crippen molar-refractivity contribution in [2.45, 2.75) is 39.2 Å². The van der Waals surface area contributed by atoms with Crippen molar-refractivity contribution >= 4 is 5.97 Å². The second-order valence-corrected chi connectivity index (χ2v) is 5.98. The molecule has 1 unspecified atom stereocenters. The number of carboxylic acid groups (broad SMARTS) is 1. The van der Waals surface area contributed by atoms with Crippen LogP contribution in [0, 0.1) is 5.41 Å². The Balaban J connectivity index is 2.03. The summed E-state index contributed by atoms with van der Waals surface area (Å²) in [5.41, 5.74) is 1.01. The van der Waals surface area contributed by atoms with Gasteiger partial charge in [0.15, 0.2) is 0 Å². The smallest absolute Gasteiger partial charge is 0.321 e. The van der Waals surface area contributed by atoms with Crippen molar-refractivity contribution in [2.24, 2.45) is 5.41 Å². The van der Waals surface area contributed by atoms with E-state index >= 15 is 0 Å². The summed E-state index contributed by atoms with van der Waals surface area (Å²) in [6, 6.07) is 3.58. The van der Waals surface area contributed by atoms with E-state index in [1.165, 1.54) is 0 Å². The largest absolute Gasteiger partial charge is 0.480 e. The molecule has 1 atom stereocenters. The first-order valence-corrected chi connectivity index (χ1v) is 6.86. The molecule has 2 heterocycles. The minimum Gasteiger partial charge on any atom is -0.480 e. The minimum atomic E-state index is -0.698. The monoisotopic (exact) mass is 262 g/mol. The Morgan fingerprint density at radius 3 is 3.00 bits per heavy atom. The van der Waals surface area contributed by atoms with Crippen molar-refractivity contribution in [1.82, 2.24) is 9.88 Å². The van der Waals surface area contributed by atoms with Gasteiger partial charge in [-0.25, -0.2) is 0 Å². The van der Waals surface area contributed by atoms with Gasteiger partial charge in [-0.15, -0.1) is 0 Å². The third-order valence-electron chi connectivity index (χ3n) is 4.02. The van der Waals surface area contributed by atoms with Crippen LogP contribution in [0.25, 0.3) is 0 Å². The molecule has 1 saturated heterocycles. The maximum atomic E-state index is 11.5. The van der Waals surface area contributed by atoms with Crippen molar-refractivity contribution in [2.75, 3.05) is 13.1 Å². The Labute approximate surface area is 114 Å². The molecule has 1 aromatic rings. The molecular formula is C15H22N2O2. The Hall–Kier alpha value is -1.42. The van der Waals surface area contributed by atoms with Crippen LogP contribution in [-0.2, 0) is 11.2 Å². The standard InChI is InChI=1S/C15H22N2O2/c1-15(2)7-4-9-17(13(15)14(18)19)10-6-12-5-3-8-16-11-12/h3,5,8,11,13H,4,6-7,9-10H2,1-2H3,(H,18,19). The molecule has 1 N–H and O–H groups in total. The summed E-state index contributed by atoms with van der Waals surface area (Å²) in [6.45, 7) is 5.77. The molecule has 0 aromatic carbocycles. The van der Waals surface area contributed by atoms with Crippen LogP contribution in [0.4, 0.5) is 0 Å². The molecule has 2 rings (SSSR count). The Bertz CT molecular complexity index is 431. The zero-order valence-electron chi connectivity index (χ0n) is 11.7. The van der Waals surface area contributed by atoms with Crippen LogP contribution in [0.5, 0.6) is 0 Å². The van der Waals surface area contributed by atoms with Gasteiger partial charge in [-0.3, -0.25) is 14.7 Å². The fourth-order valence-corrected chi connectivity index (χ4v) is 3.05. The van der Waals surface area contributed by atoms with E-state index in [2.05, 4.69) is 23.7 Å². The highest BCUT2D eigenvalue weighted by Crippen LogP contribution is 2.35. The van der Waals surface area contributed by atoms with Crippen molar-refractivity contribution in [3.63, 3.8) is 0 Å². The van der Waals surface area contributed by atoms with Crippen LogP contribution in [-0.4, -0.2) is 40.1 Å². The molecule has 1 aromatic heterocycles. The summed E-state index contributed by atoms with van der Waals surface area (Å²) < 4.78 is 0. The molecule has 19 heavy (non-hydrogen) atoms. The van der Waals surface area contributed by atoms with E-state index in [4.69, 9.17) is 0 Å².